The number of nitrogens with two attached hydrogens (primary N) is 1. The lowest BCUT2D eigenvalue weighted by molar-refractivity contribution is 0.182. The molecule has 1 atom stereocenters. The van der Waals surface area contributed by atoms with Crippen LogP contribution in [0, 0.1) is 5.82 Å². The maximum absolute atomic E-state index is 13.0. The molecule has 0 aromatic heterocycles. The highest BCUT2D eigenvalue weighted by Gasteiger charge is 2.20. The van der Waals surface area contributed by atoms with Crippen molar-refractivity contribution in [3.05, 3.63) is 27.5 Å². The molecule has 0 amide bonds. The Balaban J connectivity index is 3.39. The average molecular weight is 240 g/mol. The van der Waals surface area contributed by atoms with Gasteiger partial charge in [0.1, 0.15) is 11.6 Å². The highest BCUT2D eigenvalue weighted by atomic mass is 35.5. The molecule has 4 N–H and O–H groups in total. The van der Waals surface area contributed by atoms with Crippen LogP contribution in [0.4, 0.5) is 4.39 Å². The van der Waals surface area contributed by atoms with Crippen LogP contribution in [0.2, 0.25) is 10.0 Å². The Kier molecular flexibility index (Phi) is 3.55. The molecule has 14 heavy (non-hydrogen) atoms. The second-order valence-electron chi connectivity index (χ2n) is 2.67. The van der Waals surface area contributed by atoms with Crippen LogP contribution in [0.3, 0.4) is 0 Å². The van der Waals surface area contributed by atoms with E-state index in [4.69, 9.17) is 28.9 Å². The largest absolute Gasteiger partial charge is 0.506 e. The van der Waals surface area contributed by atoms with E-state index in [0.717, 1.165) is 6.07 Å². The molecular formula is C8H8Cl2FNO2. The zero-order valence-corrected chi connectivity index (χ0v) is 8.48. The Morgan fingerprint density at radius 2 is 2.07 bits per heavy atom. The molecule has 0 saturated heterocycles. The highest BCUT2D eigenvalue weighted by molar-refractivity contribution is 6.35. The van der Waals surface area contributed by atoms with Crippen molar-refractivity contribution in [3.63, 3.8) is 0 Å². The Hall–Kier alpha value is -0.550. The van der Waals surface area contributed by atoms with Gasteiger partial charge in [-0.2, -0.15) is 0 Å². The van der Waals surface area contributed by atoms with Crippen LogP contribution in [0.1, 0.15) is 11.7 Å². The Morgan fingerprint density at radius 1 is 1.50 bits per heavy atom. The molecule has 0 radical (unpaired) electrons. The first-order chi connectivity index (χ1) is 6.49. The van der Waals surface area contributed by atoms with Gasteiger partial charge in [0.25, 0.3) is 0 Å². The van der Waals surface area contributed by atoms with E-state index in [1.54, 1.807) is 0 Å². The van der Waals surface area contributed by atoms with Gasteiger partial charge in [-0.25, -0.2) is 4.39 Å². The summed E-state index contributed by atoms with van der Waals surface area (Å²) in [6, 6.07) is 0.867. The monoisotopic (exact) mass is 239 g/mol. The SMILES string of the molecule is NCC(O)c1c(O)c(Cl)cc(F)c1Cl. The molecule has 0 spiro atoms. The van der Waals surface area contributed by atoms with Gasteiger partial charge in [0.2, 0.25) is 0 Å². The van der Waals surface area contributed by atoms with Crippen molar-refractivity contribution < 1.29 is 14.6 Å². The lowest BCUT2D eigenvalue weighted by Gasteiger charge is -2.13. The summed E-state index contributed by atoms with van der Waals surface area (Å²) in [5.41, 5.74) is 4.98. The first kappa shape index (κ1) is 11.5. The third-order valence-corrected chi connectivity index (χ3v) is 2.41. The van der Waals surface area contributed by atoms with Crippen molar-refractivity contribution in [1.82, 2.24) is 0 Å². The summed E-state index contributed by atoms with van der Waals surface area (Å²) in [5.74, 6) is -1.26. The van der Waals surface area contributed by atoms with Gasteiger partial charge in [0.05, 0.1) is 16.1 Å². The molecule has 0 aliphatic rings. The number of phenolic OH excluding ortho intramolecular Hbond substituents is 1. The maximum Gasteiger partial charge on any atom is 0.143 e. The lowest BCUT2D eigenvalue weighted by Crippen LogP contribution is -2.12. The van der Waals surface area contributed by atoms with Crippen LogP contribution in [-0.2, 0) is 0 Å². The number of benzene rings is 1. The molecule has 0 bridgehead atoms. The fourth-order valence-corrected chi connectivity index (χ4v) is 1.49. The summed E-state index contributed by atoms with van der Waals surface area (Å²) in [6.45, 7) is -0.187. The van der Waals surface area contributed by atoms with E-state index in [1.165, 1.54) is 0 Å². The number of halogens is 3. The van der Waals surface area contributed by atoms with Crippen molar-refractivity contribution in [2.24, 2.45) is 5.73 Å². The van der Waals surface area contributed by atoms with Crippen LogP contribution in [-0.4, -0.2) is 16.8 Å². The second-order valence-corrected chi connectivity index (χ2v) is 3.45. The molecule has 0 fully saturated rings. The van der Waals surface area contributed by atoms with Crippen molar-refractivity contribution in [2.75, 3.05) is 6.54 Å². The fraction of sp³-hybridized carbons (Fsp3) is 0.250. The molecule has 1 aromatic carbocycles. The van der Waals surface area contributed by atoms with Crippen molar-refractivity contribution in [2.45, 2.75) is 6.10 Å². The molecule has 0 saturated carbocycles. The summed E-state index contributed by atoms with van der Waals surface area (Å²) >= 11 is 11.0. The molecule has 6 heteroatoms. The molecule has 0 heterocycles. The number of aliphatic hydroxyl groups excluding tert-OH is 1. The minimum Gasteiger partial charge on any atom is -0.506 e. The van der Waals surface area contributed by atoms with Gasteiger partial charge in [-0.05, 0) is 6.07 Å². The van der Waals surface area contributed by atoms with Gasteiger partial charge < -0.3 is 15.9 Å². The van der Waals surface area contributed by atoms with Gasteiger partial charge in [-0.1, -0.05) is 23.2 Å². The molecule has 1 aromatic rings. The van der Waals surface area contributed by atoms with Crippen LogP contribution >= 0.6 is 23.2 Å². The normalized spacial score (nSPS) is 12.9. The molecule has 3 nitrogen and oxygen atoms in total. The standard InChI is InChI=1S/C8H8Cl2FNO2/c9-3-1-4(11)7(10)6(8(3)14)5(13)2-12/h1,5,13-14H,2,12H2. The number of hydrogen-bond acceptors (Lipinski definition) is 3. The number of aromatic hydroxyl groups is 1. The zero-order chi connectivity index (χ0) is 10.9. The minimum atomic E-state index is -1.24. The predicted octanol–water partition coefficient (Wildman–Crippen LogP) is 1.83. The second kappa shape index (κ2) is 4.31. The third kappa shape index (κ3) is 1.93. The van der Waals surface area contributed by atoms with Gasteiger partial charge in [0.15, 0.2) is 0 Å². The van der Waals surface area contributed by atoms with Crippen LogP contribution < -0.4 is 5.73 Å². The van der Waals surface area contributed by atoms with Gasteiger partial charge in [0, 0.05) is 12.1 Å². The van der Waals surface area contributed by atoms with Crippen molar-refractivity contribution >= 4 is 23.2 Å². The summed E-state index contributed by atoms with van der Waals surface area (Å²) < 4.78 is 13.0. The predicted molar refractivity (Wildman–Crippen MR) is 52.1 cm³/mol. The van der Waals surface area contributed by atoms with Crippen molar-refractivity contribution in [3.8, 4) is 5.75 Å². The number of aliphatic hydroxyl groups is 1. The molecule has 78 valence electrons. The summed E-state index contributed by atoms with van der Waals surface area (Å²) in [7, 11) is 0. The Labute approximate surface area is 89.9 Å². The van der Waals surface area contributed by atoms with Gasteiger partial charge in [-0.3, -0.25) is 0 Å². The topological polar surface area (TPSA) is 66.5 Å². The fourth-order valence-electron chi connectivity index (χ4n) is 1.03. The molecule has 0 aliphatic heterocycles. The average Bonchev–Trinajstić information content (AvgIpc) is 2.15. The lowest BCUT2D eigenvalue weighted by atomic mass is 10.1. The number of phenols is 1. The van der Waals surface area contributed by atoms with E-state index in [0.29, 0.717) is 0 Å². The highest BCUT2D eigenvalue weighted by Crippen LogP contribution is 2.38. The van der Waals surface area contributed by atoms with E-state index in [2.05, 4.69) is 0 Å². The number of rotatable bonds is 2. The van der Waals surface area contributed by atoms with Crippen LogP contribution in [0.25, 0.3) is 0 Å². The van der Waals surface area contributed by atoms with Gasteiger partial charge in [-0.15, -0.1) is 0 Å². The molecule has 1 unspecified atom stereocenters. The summed E-state index contributed by atoms with van der Waals surface area (Å²) in [5, 5.41) is 18.2. The zero-order valence-electron chi connectivity index (χ0n) is 6.97. The molecule has 1 rings (SSSR count). The van der Waals surface area contributed by atoms with Crippen LogP contribution in [0.15, 0.2) is 6.07 Å². The summed E-state index contributed by atoms with van der Waals surface area (Å²) in [6.07, 6.45) is -1.24. The Morgan fingerprint density at radius 3 is 2.57 bits per heavy atom. The van der Waals surface area contributed by atoms with E-state index in [1.807, 2.05) is 0 Å². The molecule has 0 aliphatic carbocycles. The Bertz CT molecular complexity index is 333. The minimum absolute atomic E-state index is 0.181. The first-order valence-electron chi connectivity index (χ1n) is 3.73. The quantitative estimate of drug-likeness (QED) is 0.691. The van der Waals surface area contributed by atoms with Crippen molar-refractivity contribution in [1.29, 1.82) is 0 Å². The number of hydrogen-bond donors (Lipinski definition) is 3. The van der Waals surface area contributed by atoms with Gasteiger partial charge >= 0.3 is 0 Å². The van der Waals surface area contributed by atoms with E-state index in [9.17, 15) is 14.6 Å². The van der Waals surface area contributed by atoms with E-state index in [-0.39, 0.29) is 22.2 Å². The summed E-state index contributed by atoms with van der Waals surface area (Å²) in [4.78, 5) is 0. The van der Waals surface area contributed by atoms with Crippen LogP contribution in [0.5, 0.6) is 5.75 Å². The smallest absolute Gasteiger partial charge is 0.143 e. The molecular weight excluding hydrogens is 232 g/mol. The first-order valence-corrected chi connectivity index (χ1v) is 4.49. The third-order valence-electron chi connectivity index (χ3n) is 1.74. The van der Waals surface area contributed by atoms with E-state index < -0.39 is 17.7 Å². The van der Waals surface area contributed by atoms with E-state index >= 15 is 0 Å². The maximum atomic E-state index is 13.0.